The van der Waals surface area contributed by atoms with E-state index in [1.807, 2.05) is 0 Å². The first-order chi connectivity index (χ1) is 11.3. The Morgan fingerprint density at radius 1 is 1.38 bits per heavy atom. The quantitative estimate of drug-likeness (QED) is 0.871. The predicted octanol–water partition coefficient (Wildman–Crippen LogP) is 1.65. The van der Waals surface area contributed by atoms with E-state index in [9.17, 15) is 22.8 Å². The number of hydrogen-bond donors (Lipinski definition) is 2. The summed E-state index contributed by atoms with van der Waals surface area (Å²) >= 11 is 0. The average molecular weight is 344 g/mol. The Labute approximate surface area is 137 Å². The van der Waals surface area contributed by atoms with E-state index in [0.29, 0.717) is 19.4 Å². The average Bonchev–Trinajstić information content (AvgIpc) is 2.53. The van der Waals surface area contributed by atoms with Crippen LogP contribution >= 0.6 is 0 Å². The van der Waals surface area contributed by atoms with Gasteiger partial charge in [0, 0.05) is 13.6 Å². The monoisotopic (exact) mass is 344 g/mol. The second-order valence-electron chi connectivity index (χ2n) is 5.67. The Morgan fingerprint density at radius 3 is 2.79 bits per heavy atom. The highest BCUT2D eigenvalue weighted by Gasteiger charge is 2.34. The minimum absolute atomic E-state index is 0.0560. The molecular formula is C15H19F3N4O2. The summed E-state index contributed by atoms with van der Waals surface area (Å²) in [6, 6.07) is 4.60. The molecule has 0 saturated carbocycles. The van der Waals surface area contributed by atoms with Crippen molar-refractivity contribution in [2.45, 2.75) is 19.0 Å². The second-order valence-corrected chi connectivity index (χ2v) is 5.67. The highest BCUT2D eigenvalue weighted by atomic mass is 19.4. The van der Waals surface area contributed by atoms with Gasteiger partial charge in [-0.2, -0.15) is 13.2 Å². The van der Waals surface area contributed by atoms with E-state index in [1.165, 1.54) is 24.1 Å². The van der Waals surface area contributed by atoms with Gasteiger partial charge in [-0.3, -0.25) is 14.5 Å². The number of alkyl halides is 3. The number of nitrogens with zero attached hydrogens (tertiary/aromatic N) is 2. The van der Waals surface area contributed by atoms with E-state index in [4.69, 9.17) is 0 Å². The van der Waals surface area contributed by atoms with Gasteiger partial charge in [0.05, 0.1) is 12.5 Å². The smallest absolute Gasteiger partial charge is 0.354 e. The van der Waals surface area contributed by atoms with Crippen LogP contribution in [-0.4, -0.2) is 54.6 Å². The minimum atomic E-state index is -4.28. The second kappa shape index (κ2) is 7.61. The maximum atomic E-state index is 12.5. The van der Waals surface area contributed by atoms with Crippen molar-refractivity contribution >= 4 is 17.6 Å². The summed E-state index contributed by atoms with van der Waals surface area (Å²) < 4.78 is 37.4. The van der Waals surface area contributed by atoms with Crippen LogP contribution in [0.15, 0.2) is 18.2 Å². The SMILES string of the molecule is CNC(=O)c1cccc(NC(=O)[C@H]2CCCN(CC(F)(F)F)C2)n1. The zero-order valence-electron chi connectivity index (χ0n) is 13.2. The first kappa shape index (κ1) is 18.2. The molecule has 1 atom stereocenters. The lowest BCUT2D eigenvalue weighted by atomic mass is 9.97. The summed E-state index contributed by atoms with van der Waals surface area (Å²) in [5.41, 5.74) is 0.151. The van der Waals surface area contributed by atoms with Crippen LogP contribution in [0.4, 0.5) is 19.0 Å². The lowest BCUT2D eigenvalue weighted by Gasteiger charge is -2.32. The standard InChI is InChI=1S/C15H19F3N4O2/c1-19-14(24)11-5-2-6-12(20-11)21-13(23)10-4-3-7-22(8-10)9-15(16,17)18/h2,5-6,10H,3-4,7-9H2,1H3,(H,19,24)(H,20,21,23)/t10-/m0/s1. The molecule has 1 fully saturated rings. The lowest BCUT2D eigenvalue weighted by molar-refractivity contribution is -0.151. The molecule has 0 aromatic carbocycles. The summed E-state index contributed by atoms with van der Waals surface area (Å²) in [5, 5.41) is 5.00. The number of halogens is 3. The van der Waals surface area contributed by atoms with E-state index in [0.717, 1.165) is 0 Å². The number of carbonyl (C=O) groups is 2. The topological polar surface area (TPSA) is 74.3 Å². The normalized spacial score (nSPS) is 18.9. The molecule has 2 heterocycles. The third-order valence-corrected chi connectivity index (χ3v) is 3.74. The third-order valence-electron chi connectivity index (χ3n) is 3.74. The zero-order chi connectivity index (χ0) is 17.7. The fourth-order valence-corrected chi connectivity index (χ4v) is 2.65. The molecule has 0 unspecified atom stereocenters. The third kappa shape index (κ3) is 5.19. The molecule has 1 aliphatic rings. The van der Waals surface area contributed by atoms with Gasteiger partial charge in [0.2, 0.25) is 5.91 Å². The fourth-order valence-electron chi connectivity index (χ4n) is 2.65. The van der Waals surface area contributed by atoms with Crippen molar-refractivity contribution in [2.24, 2.45) is 5.92 Å². The van der Waals surface area contributed by atoms with Gasteiger partial charge in [0.1, 0.15) is 11.5 Å². The number of piperidine rings is 1. The van der Waals surface area contributed by atoms with Gasteiger partial charge in [-0.25, -0.2) is 4.98 Å². The van der Waals surface area contributed by atoms with Crippen LogP contribution in [0.2, 0.25) is 0 Å². The Hall–Kier alpha value is -2.16. The van der Waals surface area contributed by atoms with Crippen molar-refractivity contribution in [3.8, 4) is 0 Å². The van der Waals surface area contributed by atoms with Gasteiger partial charge in [0.25, 0.3) is 5.91 Å². The van der Waals surface area contributed by atoms with Crippen molar-refractivity contribution in [1.29, 1.82) is 0 Å². The summed E-state index contributed by atoms with van der Waals surface area (Å²) in [4.78, 5) is 29.1. The molecule has 1 saturated heterocycles. The number of hydrogen-bond acceptors (Lipinski definition) is 4. The van der Waals surface area contributed by atoms with Gasteiger partial charge < -0.3 is 10.6 Å². The molecule has 2 N–H and O–H groups in total. The van der Waals surface area contributed by atoms with Crippen LogP contribution in [0.1, 0.15) is 23.3 Å². The maximum absolute atomic E-state index is 12.5. The molecule has 2 rings (SSSR count). The molecule has 24 heavy (non-hydrogen) atoms. The van der Waals surface area contributed by atoms with E-state index >= 15 is 0 Å². The number of aromatic nitrogens is 1. The van der Waals surface area contributed by atoms with Crippen LogP contribution in [0.5, 0.6) is 0 Å². The zero-order valence-corrected chi connectivity index (χ0v) is 13.2. The van der Waals surface area contributed by atoms with Crippen LogP contribution < -0.4 is 10.6 Å². The van der Waals surface area contributed by atoms with Crippen molar-refractivity contribution in [3.63, 3.8) is 0 Å². The molecule has 0 aliphatic carbocycles. The van der Waals surface area contributed by atoms with Crippen LogP contribution in [0.25, 0.3) is 0 Å². The first-order valence-corrected chi connectivity index (χ1v) is 7.57. The van der Waals surface area contributed by atoms with Gasteiger partial charge in [-0.1, -0.05) is 6.07 Å². The van der Waals surface area contributed by atoms with E-state index < -0.39 is 18.6 Å². The number of likely N-dealkylation sites (tertiary alicyclic amines) is 1. The summed E-state index contributed by atoms with van der Waals surface area (Å²) in [6.07, 6.45) is -3.23. The number of anilines is 1. The van der Waals surface area contributed by atoms with Gasteiger partial charge >= 0.3 is 6.18 Å². The van der Waals surface area contributed by atoms with E-state index in [1.54, 1.807) is 6.07 Å². The molecule has 9 heteroatoms. The fraction of sp³-hybridized carbons (Fsp3) is 0.533. The number of rotatable bonds is 4. The maximum Gasteiger partial charge on any atom is 0.401 e. The molecule has 1 aliphatic heterocycles. The first-order valence-electron chi connectivity index (χ1n) is 7.57. The molecule has 0 bridgehead atoms. The molecule has 0 spiro atoms. The van der Waals surface area contributed by atoms with Crippen LogP contribution in [0, 0.1) is 5.92 Å². The Balaban J connectivity index is 1.98. The van der Waals surface area contributed by atoms with E-state index in [2.05, 4.69) is 15.6 Å². The van der Waals surface area contributed by atoms with Gasteiger partial charge in [0.15, 0.2) is 0 Å². The molecule has 1 aromatic rings. The van der Waals surface area contributed by atoms with Crippen molar-refractivity contribution < 1.29 is 22.8 Å². The van der Waals surface area contributed by atoms with Crippen molar-refractivity contribution in [1.82, 2.24) is 15.2 Å². The number of nitrogens with one attached hydrogen (secondary N) is 2. The van der Waals surface area contributed by atoms with E-state index in [-0.39, 0.29) is 29.9 Å². The molecule has 1 aromatic heterocycles. The number of amides is 2. The number of pyridine rings is 1. The highest BCUT2D eigenvalue weighted by molar-refractivity contribution is 5.94. The molecular weight excluding hydrogens is 325 g/mol. The Morgan fingerprint density at radius 2 is 2.12 bits per heavy atom. The summed E-state index contributed by atoms with van der Waals surface area (Å²) in [7, 11) is 1.46. The lowest BCUT2D eigenvalue weighted by Crippen LogP contribution is -2.44. The molecule has 0 radical (unpaired) electrons. The summed E-state index contributed by atoms with van der Waals surface area (Å²) in [6.45, 7) is -0.630. The Bertz CT molecular complexity index is 607. The summed E-state index contributed by atoms with van der Waals surface area (Å²) in [5.74, 6) is -1.11. The highest BCUT2D eigenvalue weighted by Crippen LogP contribution is 2.23. The van der Waals surface area contributed by atoms with Crippen molar-refractivity contribution in [3.05, 3.63) is 23.9 Å². The minimum Gasteiger partial charge on any atom is -0.354 e. The Kier molecular flexibility index (Phi) is 5.76. The largest absolute Gasteiger partial charge is 0.401 e. The predicted molar refractivity (Wildman–Crippen MR) is 81.5 cm³/mol. The van der Waals surface area contributed by atoms with Gasteiger partial charge in [-0.05, 0) is 31.5 Å². The van der Waals surface area contributed by atoms with Crippen LogP contribution in [-0.2, 0) is 4.79 Å². The molecule has 6 nitrogen and oxygen atoms in total. The van der Waals surface area contributed by atoms with Gasteiger partial charge in [-0.15, -0.1) is 0 Å². The number of carbonyl (C=O) groups excluding carboxylic acids is 2. The molecule has 2 amide bonds. The van der Waals surface area contributed by atoms with Crippen LogP contribution in [0.3, 0.4) is 0 Å². The molecule has 132 valence electrons. The van der Waals surface area contributed by atoms with Crippen molar-refractivity contribution in [2.75, 3.05) is 32.0 Å².